The maximum absolute atomic E-state index is 5.56. The minimum Gasteiger partial charge on any atom is -0.496 e. The zero-order valence-corrected chi connectivity index (χ0v) is 12.4. The Morgan fingerprint density at radius 3 is 2.80 bits per heavy atom. The molecule has 2 saturated heterocycles. The lowest BCUT2D eigenvalue weighted by atomic mass is 9.88. The first-order valence-electron chi connectivity index (χ1n) is 7.82. The van der Waals surface area contributed by atoms with E-state index in [9.17, 15) is 0 Å². The lowest BCUT2D eigenvalue weighted by molar-refractivity contribution is 0.194. The molecule has 1 atom stereocenters. The highest BCUT2D eigenvalue weighted by Gasteiger charge is 2.20. The van der Waals surface area contributed by atoms with E-state index in [4.69, 9.17) is 9.47 Å². The van der Waals surface area contributed by atoms with Crippen molar-refractivity contribution in [2.45, 2.75) is 31.6 Å². The summed E-state index contributed by atoms with van der Waals surface area (Å²) in [6.45, 7) is 4.09. The highest BCUT2D eigenvalue weighted by molar-refractivity contribution is 5.39. The Balaban J connectivity index is 1.76. The second kappa shape index (κ2) is 6.59. The van der Waals surface area contributed by atoms with E-state index >= 15 is 0 Å². The van der Waals surface area contributed by atoms with Crippen molar-refractivity contribution in [2.24, 2.45) is 5.92 Å². The van der Waals surface area contributed by atoms with Crippen molar-refractivity contribution in [2.75, 3.05) is 33.4 Å². The molecule has 0 amide bonds. The highest BCUT2D eigenvalue weighted by atomic mass is 16.5. The van der Waals surface area contributed by atoms with Crippen LogP contribution in [0.15, 0.2) is 18.2 Å². The zero-order chi connectivity index (χ0) is 13.8. The van der Waals surface area contributed by atoms with Crippen LogP contribution in [0.4, 0.5) is 0 Å². The summed E-state index contributed by atoms with van der Waals surface area (Å²) in [7, 11) is 1.78. The van der Waals surface area contributed by atoms with E-state index in [0.29, 0.717) is 5.92 Å². The molecule has 2 fully saturated rings. The van der Waals surface area contributed by atoms with Gasteiger partial charge in [-0.05, 0) is 61.9 Å². The summed E-state index contributed by atoms with van der Waals surface area (Å²) >= 11 is 0. The molecule has 3 nitrogen and oxygen atoms in total. The molecular weight excluding hydrogens is 250 g/mol. The predicted molar refractivity (Wildman–Crippen MR) is 80.5 cm³/mol. The number of hydrogen-bond donors (Lipinski definition) is 1. The molecule has 2 heterocycles. The van der Waals surface area contributed by atoms with Crippen LogP contribution in [0.25, 0.3) is 0 Å². The van der Waals surface area contributed by atoms with E-state index in [1.54, 1.807) is 7.11 Å². The molecule has 0 aromatic heterocycles. The molecule has 0 aliphatic carbocycles. The highest BCUT2D eigenvalue weighted by Crippen LogP contribution is 2.31. The average molecular weight is 275 g/mol. The van der Waals surface area contributed by atoms with Crippen LogP contribution < -0.4 is 10.1 Å². The van der Waals surface area contributed by atoms with E-state index < -0.39 is 0 Å². The van der Waals surface area contributed by atoms with Gasteiger partial charge in [0, 0.05) is 12.5 Å². The number of hydrogen-bond acceptors (Lipinski definition) is 3. The molecule has 1 N–H and O–H groups in total. The van der Waals surface area contributed by atoms with Crippen LogP contribution in [-0.2, 0) is 11.2 Å². The smallest absolute Gasteiger partial charge is 0.122 e. The third kappa shape index (κ3) is 3.15. The van der Waals surface area contributed by atoms with Gasteiger partial charge in [-0.1, -0.05) is 12.1 Å². The number of nitrogens with one attached hydrogen (secondary N) is 1. The number of ether oxygens (including phenoxy) is 2. The van der Waals surface area contributed by atoms with Gasteiger partial charge in [0.1, 0.15) is 5.75 Å². The SMILES string of the molecule is COc1ccc(C2CCOC2)cc1CC1CCNCC1. The maximum Gasteiger partial charge on any atom is 0.122 e. The Morgan fingerprint density at radius 2 is 2.10 bits per heavy atom. The summed E-state index contributed by atoms with van der Waals surface area (Å²) in [4.78, 5) is 0. The molecule has 1 unspecified atom stereocenters. The van der Waals surface area contributed by atoms with Crippen molar-refractivity contribution in [3.05, 3.63) is 29.3 Å². The van der Waals surface area contributed by atoms with Gasteiger partial charge in [-0.2, -0.15) is 0 Å². The van der Waals surface area contributed by atoms with Gasteiger partial charge in [0.05, 0.1) is 13.7 Å². The van der Waals surface area contributed by atoms with Crippen molar-refractivity contribution in [1.29, 1.82) is 0 Å². The zero-order valence-electron chi connectivity index (χ0n) is 12.4. The molecule has 1 aromatic carbocycles. The molecular formula is C17H25NO2. The average Bonchev–Trinajstić information content (AvgIpc) is 3.02. The standard InChI is InChI=1S/C17H25NO2/c1-19-17-3-2-14(15-6-9-20-12-15)11-16(17)10-13-4-7-18-8-5-13/h2-3,11,13,15,18H,4-10,12H2,1H3. The Labute approximate surface area is 121 Å². The van der Waals surface area contributed by atoms with Gasteiger partial charge in [-0.25, -0.2) is 0 Å². The molecule has 0 spiro atoms. The van der Waals surface area contributed by atoms with Crippen LogP contribution in [-0.4, -0.2) is 33.4 Å². The van der Waals surface area contributed by atoms with Crippen molar-refractivity contribution in [3.63, 3.8) is 0 Å². The van der Waals surface area contributed by atoms with Gasteiger partial charge in [0.15, 0.2) is 0 Å². The first-order valence-corrected chi connectivity index (χ1v) is 7.82. The quantitative estimate of drug-likeness (QED) is 0.916. The van der Waals surface area contributed by atoms with Gasteiger partial charge < -0.3 is 14.8 Å². The van der Waals surface area contributed by atoms with E-state index in [1.165, 1.54) is 24.0 Å². The largest absolute Gasteiger partial charge is 0.496 e. The van der Waals surface area contributed by atoms with Crippen molar-refractivity contribution in [3.8, 4) is 5.75 Å². The van der Waals surface area contributed by atoms with Gasteiger partial charge in [0.2, 0.25) is 0 Å². The Morgan fingerprint density at radius 1 is 1.25 bits per heavy atom. The fourth-order valence-corrected chi connectivity index (χ4v) is 3.41. The Bertz CT molecular complexity index is 435. The van der Waals surface area contributed by atoms with Crippen molar-refractivity contribution in [1.82, 2.24) is 5.32 Å². The molecule has 0 bridgehead atoms. The van der Waals surface area contributed by atoms with Gasteiger partial charge >= 0.3 is 0 Å². The number of rotatable bonds is 4. The molecule has 3 rings (SSSR count). The second-order valence-electron chi connectivity index (χ2n) is 6.03. The number of methoxy groups -OCH3 is 1. The normalized spacial score (nSPS) is 23.9. The summed E-state index contributed by atoms with van der Waals surface area (Å²) < 4.78 is 11.1. The van der Waals surface area contributed by atoms with Crippen LogP contribution >= 0.6 is 0 Å². The summed E-state index contributed by atoms with van der Waals surface area (Å²) in [5.41, 5.74) is 2.80. The fourth-order valence-electron chi connectivity index (χ4n) is 3.41. The van der Waals surface area contributed by atoms with E-state index in [-0.39, 0.29) is 0 Å². The lowest BCUT2D eigenvalue weighted by Gasteiger charge is -2.24. The molecule has 1 aromatic rings. The molecule has 2 aliphatic heterocycles. The summed E-state index contributed by atoms with van der Waals surface area (Å²) in [5, 5.41) is 3.44. The second-order valence-corrected chi connectivity index (χ2v) is 6.03. The van der Waals surface area contributed by atoms with Crippen LogP contribution in [0.1, 0.15) is 36.3 Å². The van der Waals surface area contributed by atoms with E-state index in [1.807, 2.05) is 0 Å². The Hall–Kier alpha value is -1.06. The van der Waals surface area contributed by atoms with Gasteiger partial charge in [0.25, 0.3) is 0 Å². The predicted octanol–water partition coefficient (Wildman–Crippen LogP) is 2.74. The minimum absolute atomic E-state index is 0.577. The summed E-state index contributed by atoms with van der Waals surface area (Å²) in [6.07, 6.45) is 4.85. The van der Waals surface area contributed by atoms with Crippen LogP contribution in [0.3, 0.4) is 0 Å². The van der Waals surface area contributed by atoms with Gasteiger partial charge in [-0.15, -0.1) is 0 Å². The molecule has 2 aliphatic rings. The molecule has 110 valence electrons. The maximum atomic E-state index is 5.56. The van der Waals surface area contributed by atoms with E-state index in [2.05, 4.69) is 23.5 Å². The first-order chi connectivity index (χ1) is 9.86. The van der Waals surface area contributed by atoms with Crippen LogP contribution in [0, 0.1) is 5.92 Å². The minimum atomic E-state index is 0.577. The van der Waals surface area contributed by atoms with Crippen molar-refractivity contribution >= 4 is 0 Å². The summed E-state index contributed by atoms with van der Waals surface area (Å²) in [6, 6.07) is 6.72. The number of benzene rings is 1. The third-order valence-corrected chi connectivity index (χ3v) is 4.67. The fraction of sp³-hybridized carbons (Fsp3) is 0.647. The molecule has 20 heavy (non-hydrogen) atoms. The summed E-state index contributed by atoms with van der Waals surface area (Å²) in [5.74, 6) is 2.42. The van der Waals surface area contributed by atoms with E-state index in [0.717, 1.165) is 50.8 Å². The van der Waals surface area contributed by atoms with Crippen LogP contribution in [0.2, 0.25) is 0 Å². The third-order valence-electron chi connectivity index (χ3n) is 4.67. The first kappa shape index (κ1) is 13.9. The molecule has 0 radical (unpaired) electrons. The monoisotopic (exact) mass is 275 g/mol. The van der Waals surface area contributed by atoms with Crippen molar-refractivity contribution < 1.29 is 9.47 Å². The van der Waals surface area contributed by atoms with Crippen LogP contribution in [0.5, 0.6) is 5.75 Å². The number of piperidine rings is 1. The molecule has 0 saturated carbocycles. The lowest BCUT2D eigenvalue weighted by Crippen LogP contribution is -2.28. The van der Waals surface area contributed by atoms with Gasteiger partial charge in [-0.3, -0.25) is 0 Å². The Kier molecular flexibility index (Phi) is 4.58. The molecule has 3 heteroatoms. The topological polar surface area (TPSA) is 30.5 Å².